The van der Waals surface area contributed by atoms with Crippen molar-refractivity contribution in [3.63, 3.8) is 0 Å². The van der Waals surface area contributed by atoms with E-state index >= 15 is 0 Å². The van der Waals surface area contributed by atoms with Crippen molar-refractivity contribution in [3.05, 3.63) is 11.5 Å². The monoisotopic (exact) mass is 114 g/mol. The van der Waals surface area contributed by atoms with Crippen LogP contribution < -0.4 is 0 Å². The van der Waals surface area contributed by atoms with Gasteiger partial charge in [-0.25, -0.2) is 0 Å². The van der Waals surface area contributed by atoms with Crippen molar-refractivity contribution in [2.75, 3.05) is 0 Å². The molecule has 1 heteroatoms. The van der Waals surface area contributed by atoms with Gasteiger partial charge in [-0.15, -0.1) is 11.8 Å². The molecule has 0 aromatic rings. The summed E-state index contributed by atoms with van der Waals surface area (Å²) in [6, 6.07) is 0. The smallest absolute Gasteiger partial charge is 0.0179 e. The van der Waals surface area contributed by atoms with Gasteiger partial charge in [-0.05, 0) is 11.8 Å². The third-order valence-electron chi connectivity index (χ3n) is 1.09. The van der Waals surface area contributed by atoms with Crippen LogP contribution in [0.2, 0.25) is 0 Å². The average Bonchev–Trinajstić information content (AvgIpc) is 1.84. The maximum absolute atomic E-state index is 2.26. The zero-order valence-corrected chi connectivity index (χ0v) is 5.59. The average molecular weight is 114 g/mol. The van der Waals surface area contributed by atoms with Gasteiger partial charge in [-0.3, -0.25) is 0 Å². The third kappa shape index (κ3) is 1.23. The largest absolute Gasteiger partial charge is 0.128 e. The minimum absolute atomic E-state index is 0.500. The minimum Gasteiger partial charge on any atom is -0.128 e. The zero-order valence-electron chi connectivity index (χ0n) is 4.77. The Balaban J connectivity index is 2.49. The van der Waals surface area contributed by atoms with Crippen molar-refractivity contribution in [1.82, 2.24) is 0 Å². The molecule has 0 spiro atoms. The Morgan fingerprint density at radius 2 is 2.29 bits per heavy atom. The molecule has 0 aromatic heterocycles. The second kappa shape index (κ2) is 1.55. The lowest BCUT2D eigenvalue weighted by Crippen LogP contribution is -2.07. The van der Waals surface area contributed by atoms with Crippen molar-refractivity contribution in [2.45, 2.75) is 25.0 Å². The van der Waals surface area contributed by atoms with E-state index in [-0.39, 0.29) is 0 Å². The summed E-state index contributed by atoms with van der Waals surface area (Å²) in [6.07, 6.45) is 3.46. The molecule has 0 saturated heterocycles. The van der Waals surface area contributed by atoms with Crippen LogP contribution in [-0.2, 0) is 0 Å². The van der Waals surface area contributed by atoms with E-state index in [0.717, 1.165) is 0 Å². The number of hydrogen-bond acceptors (Lipinski definition) is 1. The first-order chi connectivity index (χ1) is 3.21. The first-order valence-corrected chi connectivity index (χ1v) is 3.41. The van der Waals surface area contributed by atoms with Gasteiger partial charge in [0.2, 0.25) is 0 Å². The maximum atomic E-state index is 2.26. The molecule has 40 valence electrons. The molecule has 0 aromatic carbocycles. The summed E-state index contributed by atoms with van der Waals surface area (Å²) < 4.78 is 0.500. The van der Waals surface area contributed by atoms with Gasteiger partial charge in [0.15, 0.2) is 0 Å². The number of hydrogen-bond donors (Lipinski definition) is 0. The summed E-state index contributed by atoms with van der Waals surface area (Å²) in [5.74, 6) is 0. The number of rotatable bonds is 0. The fraction of sp³-hybridized carbons (Fsp3) is 0.667. The highest BCUT2D eigenvalue weighted by molar-refractivity contribution is 8.03. The van der Waals surface area contributed by atoms with E-state index < -0.39 is 0 Å². The lowest BCUT2D eigenvalue weighted by atomic mass is 10.1. The quantitative estimate of drug-likeness (QED) is 0.466. The lowest BCUT2D eigenvalue weighted by Gasteiger charge is -2.13. The molecule has 0 atom stereocenters. The summed E-state index contributed by atoms with van der Waals surface area (Å²) in [6.45, 7) is 4.52. The van der Waals surface area contributed by atoms with Gasteiger partial charge in [0, 0.05) is 4.75 Å². The SMILES string of the molecule is CC1(C)CC=CS1. The highest BCUT2D eigenvalue weighted by Gasteiger charge is 2.18. The van der Waals surface area contributed by atoms with E-state index in [4.69, 9.17) is 0 Å². The summed E-state index contributed by atoms with van der Waals surface area (Å²) >= 11 is 1.92. The molecule has 1 heterocycles. The standard InChI is InChI=1S/C6H10S/c1-6(2)4-3-5-7-6/h3,5H,4H2,1-2H3. The van der Waals surface area contributed by atoms with E-state index in [9.17, 15) is 0 Å². The van der Waals surface area contributed by atoms with E-state index in [1.165, 1.54) is 6.42 Å². The molecule has 0 amide bonds. The molecule has 7 heavy (non-hydrogen) atoms. The van der Waals surface area contributed by atoms with Crippen LogP contribution in [0.15, 0.2) is 11.5 Å². The Bertz CT molecular complexity index is 82.4. The van der Waals surface area contributed by atoms with Gasteiger partial charge >= 0.3 is 0 Å². The van der Waals surface area contributed by atoms with Crippen LogP contribution >= 0.6 is 11.8 Å². The van der Waals surface area contributed by atoms with E-state index in [1.807, 2.05) is 11.8 Å². The van der Waals surface area contributed by atoms with Crippen molar-refractivity contribution in [1.29, 1.82) is 0 Å². The molecular formula is C6H10S. The highest BCUT2D eigenvalue weighted by atomic mass is 32.2. The van der Waals surface area contributed by atoms with Crippen LogP contribution in [0.25, 0.3) is 0 Å². The molecule has 1 aliphatic rings. The molecular weight excluding hydrogens is 104 g/mol. The van der Waals surface area contributed by atoms with Gasteiger partial charge in [0.1, 0.15) is 0 Å². The minimum atomic E-state index is 0.500. The fourth-order valence-electron chi connectivity index (χ4n) is 0.612. The Kier molecular flexibility index (Phi) is 1.16. The van der Waals surface area contributed by atoms with Crippen molar-refractivity contribution < 1.29 is 0 Å². The molecule has 1 rings (SSSR count). The second-order valence-corrected chi connectivity index (χ2v) is 4.07. The Hall–Kier alpha value is 0.0900. The summed E-state index contributed by atoms with van der Waals surface area (Å²) in [5, 5.41) is 2.18. The van der Waals surface area contributed by atoms with Crippen LogP contribution in [-0.4, -0.2) is 4.75 Å². The number of thioether (sulfide) groups is 1. The topological polar surface area (TPSA) is 0 Å². The number of allylic oxidation sites excluding steroid dienone is 1. The van der Waals surface area contributed by atoms with Crippen LogP contribution in [0.5, 0.6) is 0 Å². The first kappa shape index (κ1) is 5.23. The van der Waals surface area contributed by atoms with Gasteiger partial charge in [0.05, 0.1) is 0 Å². The van der Waals surface area contributed by atoms with E-state index in [1.54, 1.807) is 0 Å². The van der Waals surface area contributed by atoms with Gasteiger partial charge in [-0.2, -0.15) is 0 Å². The molecule has 0 radical (unpaired) electrons. The Morgan fingerprint density at radius 1 is 1.57 bits per heavy atom. The molecule has 0 fully saturated rings. The predicted molar refractivity (Wildman–Crippen MR) is 35.4 cm³/mol. The Labute approximate surface area is 49.0 Å². The van der Waals surface area contributed by atoms with Crippen LogP contribution in [0.3, 0.4) is 0 Å². The molecule has 0 N–H and O–H groups in total. The third-order valence-corrected chi connectivity index (χ3v) is 2.23. The fourth-order valence-corrected chi connectivity index (χ4v) is 1.37. The molecule has 0 unspecified atom stereocenters. The van der Waals surface area contributed by atoms with Crippen molar-refractivity contribution in [3.8, 4) is 0 Å². The van der Waals surface area contributed by atoms with Crippen LogP contribution in [0, 0.1) is 0 Å². The molecule has 0 nitrogen and oxygen atoms in total. The predicted octanol–water partition coefficient (Wildman–Crippen LogP) is 2.42. The van der Waals surface area contributed by atoms with E-state index in [0.29, 0.717) is 4.75 Å². The first-order valence-electron chi connectivity index (χ1n) is 2.53. The summed E-state index contributed by atoms with van der Waals surface area (Å²) in [5.41, 5.74) is 0. The normalized spacial score (nSPS) is 26.0. The Morgan fingerprint density at radius 3 is 2.43 bits per heavy atom. The van der Waals surface area contributed by atoms with Crippen molar-refractivity contribution in [2.24, 2.45) is 0 Å². The molecule has 0 aliphatic carbocycles. The van der Waals surface area contributed by atoms with Crippen molar-refractivity contribution >= 4 is 11.8 Å². The second-order valence-electron chi connectivity index (χ2n) is 2.45. The molecule has 1 aliphatic heterocycles. The molecule has 0 bridgehead atoms. The maximum Gasteiger partial charge on any atom is 0.0179 e. The molecule has 0 saturated carbocycles. The summed E-state index contributed by atoms with van der Waals surface area (Å²) in [4.78, 5) is 0. The van der Waals surface area contributed by atoms with Gasteiger partial charge in [-0.1, -0.05) is 19.9 Å². The van der Waals surface area contributed by atoms with Gasteiger partial charge in [0.25, 0.3) is 0 Å². The van der Waals surface area contributed by atoms with Crippen LogP contribution in [0.4, 0.5) is 0 Å². The van der Waals surface area contributed by atoms with Gasteiger partial charge < -0.3 is 0 Å². The lowest BCUT2D eigenvalue weighted by molar-refractivity contribution is 0.740. The zero-order chi connectivity index (χ0) is 5.33. The highest BCUT2D eigenvalue weighted by Crippen LogP contribution is 2.34. The van der Waals surface area contributed by atoms with E-state index in [2.05, 4.69) is 25.3 Å². The summed E-state index contributed by atoms with van der Waals surface area (Å²) in [7, 11) is 0. The van der Waals surface area contributed by atoms with Crippen LogP contribution in [0.1, 0.15) is 20.3 Å².